The molecule has 4 rings (SSSR count). The molecule has 0 saturated carbocycles. The van der Waals surface area contributed by atoms with Crippen LogP contribution in [0.5, 0.6) is 0 Å². The van der Waals surface area contributed by atoms with Crippen LogP contribution in [0.1, 0.15) is 6.92 Å². The number of hydrogen-bond acceptors (Lipinski definition) is 4. The lowest BCUT2D eigenvalue weighted by atomic mass is 10.0. The molecule has 132 valence electrons. The maximum atomic E-state index is 6.61. The lowest BCUT2D eigenvalue weighted by Crippen LogP contribution is -2.42. The Morgan fingerprint density at radius 2 is 1.76 bits per heavy atom. The quantitative estimate of drug-likeness (QED) is 0.749. The second kappa shape index (κ2) is 7.21. The fourth-order valence-corrected chi connectivity index (χ4v) is 6.05. The molecule has 0 bridgehead atoms. The minimum absolute atomic E-state index is 0.126. The van der Waals surface area contributed by atoms with Gasteiger partial charge in [-0.15, -0.1) is 0 Å². The third kappa shape index (κ3) is 3.17. The van der Waals surface area contributed by atoms with Crippen LogP contribution in [0.15, 0.2) is 51.8 Å². The van der Waals surface area contributed by atoms with Crippen molar-refractivity contribution in [2.75, 3.05) is 37.6 Å². The highest BCUT2D eigenvalue weighted by Crippen LogP contribution is 2.46. The summed E-state index contributed by atoms with van der Waals surface area (Å²) in [6.45, 7) is 7.25. The summed E-state index contributed by atoms with van der Waals surface area (Å²) in [7, 11) is -0.126. The number of hydrogen-bond donors (Lipinski definition) is 2. The van der Waals surface area contributed by atoms with Crippen LogP contribution in [0.3, 0.4) is 0 Å². The zero-order valence-corrected chi connectivity index (χ0v) is 16.7. The Kier molecular flexibility index (Phi) is 4.97. The molecule has 0 amide bonds. The van der Waals surface area contributed by atoms with E-state index in [1.54, 1.807) is 0 Å². The van der Waals surface area contributed by atoms with Gasteiger partial charge in [0.25, 0.3) is 0 Å². The van der Waals surface area contributed by atoms with Crippen LogP contribution < -0.4 is 16.0 Å². The van der Waals surface area contributed by atoms with E-state index in [1.165, 1.54) is 21.7 Å². The molecule has 3 N–H and O–H groups in total. The number of benzene rings is 2. The highest BCUT2D eigenvalue weighted by molar-refractivity contribution is 9.10. The molecule has 4 nitrogen and oxygen atoms in total. The van der Waals surface area contributed by atoms with Gasteiger partial charge in [-0.25, -0.2) is 4.31 Å². The molecule has 0 radical (unpaired) electrons. The highest BCUT2D eigenvalue weighted by Gasteiger charge is 2.29. The Labute approximate surface area is 160 Å². The first-order chi connectivity index (χ1) is 12.2. The van der Waals surface area contributed by atoms with Gasteiger partial charge in [0, 0.05) is 42.1 Å². The molecule has 1 saturated heterocycles. The van der Waals surface area contributed by atoms with Crippen LogP contribution in [0.2, 0.25) is 0 Å². The number of piperazine rings is 1. The predicted octanol–water partition coefficient (Wildman–Crippen LogP) is 3.45. The van der Waals surface area contributed by atoms with E-state index in [9.17, 15) is 0 Å². The number of rotatable bonds is 3. The van der Waals surface area contributed by atoms with Crippen molar-refractivity contribution in [1.29, 1.82) is 0 Å². The summed E-state index contributed by atoms with van der Waals surface area (Å²) >= 11 is 3.51. The lowest BCUT2D eigenvalue weighted by Gasteiger charge is -2.29. The topological polar surface area (TPSA) is 44.5 Å². The molecule has 25 heavy (non-hydrogen) atoms. The maximum absolute atomic E-state index is 6.61. The summed E-state index contributed by atoms with van der Waals surface area (Å²) in [4.78, 5) is 3.64. The van der Waals surface area contributed by atoms with E-state index < -0.39 is 0 Å². The molecule has 1 unspecified atom stereocenters. The maximum Gasteiger partial charge on any atom is 0.127 e. The van der Waals surface area contributed by atoms with Crippen molar-refractivity contribution in [3.63, 3.8) is 0 Å². The van der Waals surface area contributed by atoms with Gasteiger partial charge < -0.3 is 10.2 Å². The summed E-state index contributed by atoms with van der Waals surface area (Å²) in [5, 5.41) is 4.43. The number of halogens is 1. The van der Waals surface area contributed by atoms with E-state index in [1.807, 2.05) is 0 Å². The van der Waals surface area contributed by atoms with E-state index in [-0.39, 0.29) is 10.7 Å². The molecule has 2 aromatic rings. The Morgan fingerprint density at radius 1 is 1.08 bits per heavy atom. The highest BCUT2D eigenvalue weighted by atomic mass is 79.9. The standard InChI is InChI=1S/C19H23BrN4S/c1-2-24-17-13-15(14-3-6-16(20)7-4-14)5-8-18(17)25(19(24)21)23-11-9-22-10-12-23/h3-8,13,22H,2,9-12,21H2,1H3. The van der Waals surface area contributed by atoms with Crippen LogP contribution in [0.25, 0.3) is 11.1 Å². The van der Waals surface area contributed by atoms with E-state index in [4.69, 9.17) is 5.73 Å². The monoisotopic (exact) mass is 418 g/mol. The number of fused-ring (bicyclic) bond motifs is 1. The molecular weight excluding hydrogens is 396 g/mol. The molecule has 0 aliphatic carbocycles. The number of nitrogens with zero attached hydrogens (tertiary/aromatic N) is 2. The predicted molar refractivity (Wildman–Crippen MR) is 112 cm³/mol. The van der Waals surface area contributed by atoms with E-state index >= 15 is 0 Å². The molecule has 6 heteroatoms. The van der Waals surface area contributed by atoms with Crippen molar-refractivity contribution in [3.8, 4) is 11.1 Å². The normalized spacial score (nSPS) is 20.8. The van der Waals surface area contributed by atoms with Crippen molar-refractivity contribution in [2.45, 2.75) is 11.8 Å². The average Bonchev–Trinajstić information content (AvgIpc) is 2.93. The number of anilines is 1. The molecule has 2 heterocycles. The molecule has 1 atom stereocenters. The minimum atomic E-state index is -0.126. The third-order valence-corrected chi connectivity index (χ3v) is 7.54. The molecular formula is C19H23BrN4S. The number of nitrogens with one attached hydrogen (secondary N) is 1. The summed E-state index contributed by atoms with van der Waals surface area (Å²) in [5.74, 6) is 0. The van der Waals surface area contributed by atoms with Crippen LogP contribution in [0, 0.1) is 0 Å². The van der Waals surface area contributed by atoms with E-state index in [0.29, 0.717) is 0 Å². The summed E-state index contributed by atoms with van der Waals surface area (Å²) in [5.41, 5.74) is 10.3. The Hall–Kier alpha value is -1.18. The van der Waals surface area contributed by atoms with Gasteiger partial charge in [0.2, 0.25) is 0 Å². The zero-order chi connectivity index (χ0) is 17.4. The first-order valence-electron chi connectivity index (χ1n) is 8.69. The Balaban J connectivity index is 1.75. The smallest absolute Gasteiger partial charge is 0.127 e. The summed E-state index contributed by atoms with van der Waals surface area (Å²) in [6, 6.07) is 15.3. The third-order valence-electron chi connectivity index (χ3n) is 4.75. The summed E-state index contributed by atoms with van der Waals surface area (Å²) < 4.78 is 3.63. The van der Waals surface area contributed by atoms with Crippen molar-refractivity contribution < 1.29 is 0 Å². The average molecular weight is 419 g/mol. The molecule has 0 aromatic heterocycles. The van der Waals surface area contributed by atoms with E-state index in [0.717, 1.165) is 42.3 Å². The molecule has 2 aliphatic rings. The van der Waals surface area contributed by atoms with Crippen molar-refractivity contribution in [3.05, 3.63) is 46.9 Å². The number of nitrogens with two attached hydrogens (primary N) is 1. The second-order valence-electron chi connectivity index (χ2n) is 6.24. The van der Waals surface area contributed by atoms with Gasteiger partial charge in [-0.3, -0.25) is 5.73 Å². The largest absolute Gasteiger partial charge is 0.326 e. The Bertz CT molecular complexity index is 813. The molecule has 1 fully saturated rings. The fraction of sp³-hybridized carbons (Fsp3) is 0.316. The second-order valence-corrected chi connectivity index (χ2v) is 9.09. The van der Waals surface area contributed by atoms with Gasteiger partial charge in [-0.05, 0) is 53.0 Å². The molecule has 2 aliphatic heterocycles. The van der Waals surface area contributed by atoms with Gasteiger partial charge >= 0.3 is 0 Å². The van der Waals surface area contributed by atoms with Gasteiger partial charge in [-0.1, -0.05) is 34.1 Å². The van der Waals surface area contributed by atoms with Crippen molar-refractivity contribution in [2.24, 2.45) is 5.73 Å². The Morgan fingerprint density at radius 3 is 2.44 bits per heavy atom. The van der Waals surface area contributed by atoms with Crippen molar-refractivity contribution >= 4 is 37.4 Å². The van der Waals surface area contributed by atoms with Crippen LogP contribution >= 0.6 is 26.6 Å². The SMILES string of the molecule is CCN1C(N)=S(N2CCNCC2)c2ccc(-c3ccc(Br)cc3)cc21. The van der Waals surface area contributed by atoms with Crippen LogP contribution in [0.4, 0.5) is 5.69 Å². The lowest BCUT2D eigenvalue weighted by molar-refractivity contribution is 0.395. The first-order valence-corrected chi connectivity index (χ1v) is 10.7. The molecule has 0 spiro atoms. The zero-order valence-electron chi connectivity index (χ0n) is 14.3. The van der Waals surface area contributed by atoms with Gasteiger partial charge in [0.05, 0.1) is 5.69 Å². The van der Waals surface area contributed by atoms with Gasteiger partial charge in [0.1, 0.15) is 5.11 Å². The first kappa shape index (κ1) is 17.2. The van der Waals surface area contributed by atoms with Crippen LogP contribution in [-0.2, 0) is 0 Å². The van der Waals surface area contributed by atoms with Gasteiger partial charge in [-0.2, -0.15) is 0 Å². The summed E-state index contributed by atoms with van der Waals surface area (Å²) in [6.07, 6.45) is 0. The van der Waals surface area contributed by atoms with Crippen LogP contribution in [-0.4, -0.2) is 42.1 Å². The minimum Gasteiger partial charge on any atom is -0.326 e. The van der Waals surface area contributed by atoms with Gasteiger partial charge in [0.15, 0.2) is 0 Å². The molecule has 2 aromatic carbocycles. The van der Waals surface area contributed by atoms with Crippen molar-refractivity contribution in [1.82, 2.24) is 9.62 Å². The fourth-order valence-electron chi connectivity index (χ4n) is 3.47. The van der Waals surface area contributed by atoms with E-state index in [2.05, 4.69) is 79.8 Å².